The van der Waals surface area contributed by atoms with Gasteiger partial charge in [-0.2, -0.15) is 0 Å². The van der Waals surface area contributed by atoms with Gasteiger partial charge in [-0.05, 0) is 6.42 Å². The molecule has 1 rings (SSSR count). The highest BCUT2D eigenvalue weighted by atomic mass is 16.5. The van der Waals surface area contributed by atoms with Crippen LogP contribution in [0, 0.1) is 5.92 Å². The molecule has 0 aromatic carbocycles. The first kappa shape index (κ1) is 17.9. The van der Waals surface area contributed by atoms with E-state index in [1.165, 1.54) is 0 Å². The minimum Gasteiger partial charge on any atom is -0.481 e. The number of carbonyl (C=O) groups excluding carboxylic acids is 1. The fourth-order valence-corrected chi connectivity index (χ4v) is 2.30. The van der Waals surface area contributed by atoms with Gasteiger partial charge >= 0.3 is 5.97 Å². The van der Waals surface area contributed by atoms with Crippen molar-refractivity contribution in [2.45, 2.75) is 33.1 Å². The van der Waals surface area contributed by atoms with Crippen LogP contribution in [0.25, 0.3) is 0 Å². The Hall–Kier alpha value is -1.14. The SMILES string of the molecule is CCCCC(=O)N(CCN1CCOCC1)CC(C)C(=O)O. The van der Waals surface area contributed by atoms with E-state index in [1.54, 1.807) is 11.8 Å². The van der Waals surface area contributed by atoms with Crippen LogP contribution in [0.3, 0.4) is 0 Å². The lowest BCUT2D eigenvalue weighted by Crippen LogP contribution is -2.44. The van der Waals surface area contributed by atoms with Crippen molar-refractivity contribution in [1.29, 1.82) is 0 Å². The number of unbranched alkanes of at least 4 members (excludes halogenated alkanes) is 1. The van der Waals surface area contributed by atoms with E-state index in [1.807, 2.05) is 6.92 Å². The molecule has 21 heavy (non-hydrogen) atoms. The molecule has 1 aliphatic heterocycles. The average molecular weight is 300 g/mol. The van der Waals surface area contributed by atoms with E-state index in [0.29, 0.717) is 19.5 Å². The summed E-state index contributed by atoms with van der Waals surface area (Å²) in [6.45, 7) is 8.60. The molecule has 122 valence electrons. The van der Waals surface area contributed by atoms with Crippen LogP contribution < -0.4 is 0 Å². The van der Waals surface area contributed by atoms with E-state index >= 15 is 0 Å². The highest BCUT2D eigenvalue weighted by Gasteiger charge is 2.21. The van der Waals surface area contributed by atoms with Crippen molar-refractivity contribution in [1.82, 2.24) is 9.80 Å². The predicted molar refractivity (Wildman–Crippen MR) is 80.2 cm³/mol. The Morgan fingerprint density at radius 3 is 2.57 bits per heavy atom. The standard InChI is InChI=1S/C15H28N2O4/c1-3-4-5-14(18)17(12-13(2)15(19)20)7-6-16-8-10-21-11-9-16/h13H,3-12H2,1-2H3,(H,19,20). The molecule has 0 bridgehead atoms. The van der Waals surface area contributed by atoms with Crippen molar-refractivity contribution in [2.24, 2.45) is 5.92 Å². The van der Waals surface area contributed by atoms with Crippen molar-refractivity contribution >= 4 is 11.9 Å². The molecule has 0 aromatic rings. The molecule has 6 nitrogen and oxygen atoms in total. The third-order valence-electron chi connectivity index (χ3n) is 3.80. The van der Waals surface area contributed by atoms with Gasteiger partial charge in [0, 0.05) is 39.1 Å². The quantitative estimate of drug-likeness (QED) is 0.689. The van der Waals surface area contributed by atoms with Gasteiger partial charge in [0.05, 0.1) is 19.1 Å². The number of rotatable bonds is 9. The zero-order chi connectivity index (χ0) is 15.7. The number of ether oxygens (including phenoxy) is 1. The highest BCUT2D eigenvalue weighted by molar-refractivity contribution is 5.77. The molecular weight excluding hydrogens is 272 g/mol. The van der Waals surface area contributed by atoms with Crippen molar-refractivity contribution in [3.05, 3.63) is 0 Å². The summed E-state index contributed by atoms with van der Waals surface area (Å²) in [4.78, 5) is 27.2. The number of amides is 1. The Balaban J connectivity index is 2.48. The van der Waals surface area contributed by atoms with Crippen molar-refractivity contribution in [2.75, 3.05) is 45.9 Å². The number of morpholine rings is 1. The fourth-order valence-electron chi connectivity index (χ4n) is 2.30. The topological polar surface area (TPSA) is 70.1 Å². The van der Waals surface area contributed by atoms with Gasteiger partial charge in [-0.15, -0.1) is 0 Å². The maximum Gasteiger partial charge on any atom is 0.308 e. The van der Waals surface area contributed by atoms with Gasteiger partial charge in [0.25, 0.3) is 0 Å². The third-order valence-corrected chi connectivity index (χ3v) is 3.80. The van der Waals surface area contributed by atoms with E-state index in [0.717, 1.165) is 45.7 Å². The first-order chi connectivity index (χ1) is 10.0. The van der Waals surface area contributed by atoms with Gasteiger partial charge < -0.3 is 14.7 Å². The van der Waals surface area contributed by atoms with Crippen molar-refractivity contribution in [3.63, 3.8) is 0 Å². The number of nitrogens with zero attached hydrogens (tertiary/aromatic N) is 2. The maximum absolute atomic E-state index is 12.2. The molecular formula is C15H28N2O4. The molecule has 1 fully saturated rings. The smallest absolute Gasteiger partial charge is 0.308 e. The molecule has 6 heteroatoms. The van der Waals surface area contributed by atoms with Gasteiger partial charge in [-0.1, -0.05) is 20.3 Å². The van der Waals surface area contributed by atoms with E-state index in [2.05, 4.69) is 4.90 Å². The van der Waals surface area contributed by atoms with Gasteiger partial charge in [-0.25, -0.2) is 0 Å². The van der Waals surface area contributed by atoms with Gasteiger partial charge in [0.15, 0.2) is 0 Å². The minimum absolute atomic E-state index is 0.0678. The van der Waals surface area contributed by atoms with Crippen LogP contribution in [0.4, 0.5) is 0 Å². The monoisotopic (exact) mass is 300 g/mol. The highest BCUT2D eigenvalue weighted by Crippen LogP contribution is 2.07. The Labute approximate surface area is 127 Å². The summed E-state index contributed by atoms with van der Waals surface area (Å²) in [5.41, 5.74) is 0. The molecule has 0 spiro atoms. The van der Waals surface area contributed by atoms with Crippen LogP contribution in [0.5, 0.6) is 0 Å². The fraction of sp³-hybridized carbons (Fsp3) is 0.867. The normalized spacial score (nSPS) is 17.4. The van der Waals surface area contributed by atoms with Crippen LogP contribution in [-0.2, 0) is 14.3 Å². The number of carboxylic acid groups (broad SMARTS) is 1. The lowest BCUT2D eigenvalue weighted by atomic mass is 10.1. The predicted octanol–water partition coefficient (Wildman–Crippen LogP) is 1.06. The lowest BCUT2D eigenvalue weighted by molar-refractivity contribution is -0.143. The zero-order valence-electron chi connectivity index (χ0n) is 13.2. The Bertz CT molecular complexity index is 330. The second-order valence-corrected chi connectivity index (χ2v) is 5.64. The third kappa shape index (κ3) is 6.91. The molecule has 1 N–H and O–H groups in total. The summed E-state index contributed by atoms with van der Waals surface area (Å²) in [6, 6.07) is 0. The van der Waals surface area contributed by atoms with Gasteiger partial charge in [0.1, 0.15) is 0 Å². The Morgan fingerprint density at radius 1 is 1.33 bits per heavy atom. The van der Waals surface area contributed by atoms with Gasteiger partial charge in [-0.3, -0.25) is 14.5 Å². The van der Waals surface area contributed by atoms with Crippen LogP contribution in [0.2, 0.25) is 0 Å². The molecule has 0 aliphatic carbocycles. The maximum atomic E-state index is 12.2. The molecule has 0 radical (unpaired) electrons. The summed E-state index contributed by atoms with van der Waals surface area (Å²) in [6.07, 6.45) is 2.33. The summed E-state index contributed by atoms with van der Waals surface area (Å²) >= 11 is 0. The van der Waals surface area contributed by atoms with E-state index < -0.39 is 11.9 Å². The van der Waals surface area contributed by atoms with Crippen LogP contribution in [-0.4, -0.2) is 72.7 Å². The average Bonchev–Trinajstić information content (AvgIpc) is 2.49. The summed E-state index contributed by atoms with van der Waals surface area (Å²) < 4.78 is 5.30. The van der Waals surface area contributed by atoms with E-state index in [4.69, 9.17) is 9.84 Å². The number of hydrogen-bond acceptors (Lipinski definition) is 4. The van der Waals surface area contributed by atoms with Crippen LogP contribution >= 0.6 is 0 Å². The largest absolute Gasteiger partial charge is 0.481 e. The van der Waals surface area contributed by atoms with Crippen LogP contribution in [0.15, 0.2) is 0 Å². The van der Waals surface area contributed by atoms with Crippen LogP contribution in [0.1, 0.15) is 33.1 Å². The minimum atomic E-state index is -0.852. The first-order valence-corrected chi connectivity index (χ1v) is 7.85. The number of carbonyl (C=O) groups is 2. The van der Waals surface area contributed by atoms with Gasteiger partial charge in [0.2, 0.25) is 5.91 Å². The molecule has 1 unspecified atom stereocenters. The molecule has 1 saturated heterocycles. The molecule has 1 aliphatic rings. The summed E-state index contributed by atoms with van der Waals surface area (Å²) in [7, 11) is 0. The lowest BCUT2D eigenvalue weighted by Gasteiger charge is -2.31. The van der Waals surface area contributed by atoms with E-state index in [9.17, 15) is 9.59 Å². The molecule has 0 saturated carbocycles. The summed E-state index contributed by atoms with van der Waals surface area (Å²) in [5, 5.41) is 9.04. The Kier molecular flexibility index (Phi) is 8.30. The molecule has 1 atom stereocenters. The van der Waals surface area contributed by atoms with Crippen molar-refractivity contribution in [3.8, 4) is 0 Å². The summed E-state index contributed by atoms with van der Waals surface area (Å²) in [5.74, 6) is -1.31. The Morgan fingerprint density at radius 2 is 2.00 bits per heavy atom. The van der Waals surface area contributed by atoms with E-state index in [-0.39, 0.29) is 5.91 Å². The number of hydrogen-bond donors (Lipinski definition) is 1. The second-order valence-electron chi connectivity index (χ2n) is 5.64. The number of carboxylic acids is 1. The molecule has 1 amide bonds. The second kappa shape index (κ2) is 9.73. The number of aliphatic carboxylic acids is 1. The zero-order valence-corrected chi connectivity index (χ0v) is 13.2. The first-order valence-electron chi connectivity index (χ1n) is 7.85. The molecule has 0 aromatic heterocycles. The molecule has 1 heterocycles. The van der Waals surface area contributed by atoms with Crippen molar-refractivity contribution < 1.29 is 19.4 Å².